The van der Waals surface area contributed by atoms with Crippen LogP contribution in [-0.4, -0.2) is 8.42 Å². The van der Waals surface area contributed by atoms with Crippen molar-refractivity contribution in [3.05, 3.63) is 35.8 Å². The van der Waals surface area contributed by atoms with E-state index in [4.69, 9.17) is 15.9 Å². The Hall–Kier alpha value is -1.05. The number of hydrogen-bond donors (Lipinski definition) is 0. The second kappa shape index (κ2) is 4.10. The van der Waals surface area contributed by atoms with Crippen molar-refractivity contribution < 1.29 is 8.42 Å². The zero-order valence-electron chi connectivity index (χ0n) is 6.12. The molecule has 0 spiro atoms. The SMILES string of the molecule is C=C/C=C(/C#N)C(=C)S(=O)(=O)Cl. The van der Waals surface area contributed by atoms with Crippen LogP contribution < -0.4 is 0 Å². The molecule has 0 aliphatic carbocycles. The summed E-state index contributed by atoms with van der Waals surface area (Å²) in [5.41, 5.74) is -0.111. The standard InChI is InChI=1S/C7H6ClNO2S/c1-3-4-7(5-9)6(2)12(8,10)11/h3-4H,1-2H2/b7-4-. The molecule has 0 saturated heterocycles. The summed E-state index contributed by atoms with van der Waals surface area (Å²) in [5.74, 6) is 0. The maximum atomic E-state index is 10.6. The Kier molecular flexibility index (Phi) is 3.74. The van der Waals surface area contributed by atoms with Gasteiger partial charge >= 0.3 is 0 Å². The molecule has 0 heterocycles. The summed E-state index contributed by atoms with van der Waals surface area (Å²) in [6.07, 6.45) is 2.51. The first-order valence-electron chi connectivity index (χ1n) is 2.80. The summed E-state index contributed by atoms with van der Waals surface area (Å²) in [7, 11) is 1.04. The first kappa shape index (κ1) is 11.0. The van der Waals surface area contributed by atoms with Crippen molar-refractivity contribution in [2.45, 2.75) is 0 Å². The third-order valence-corrected chi connectivity index (χ3v) is 2.37. The van der Waals surface area contributed by atoms with E-state index >= 15 is 0 Å². The van der Waals surface area contributed by atoms with Crippen LogP contribution in [0.3, 0.4) is 0 Å². The lowest BCUT2D eigenvalue weighted by Crippen LogP contribution is -1.95. The van der Waals surface area contributed by atoms with Crippen molar-refractivity contribution in [2.75, 3.05) is 0 Å². The molecule has 0 atom stereocenters. The van der Waals surface area contributed by atoms with E-state index in [1.807, 2.05) is 0 Å². The van der Waals surface area contributed by atoms with Gasteiger partial charge in [0.25, 0.3) is 9.05 Å². The van der Waals surface area contributed by atoms with Gasteiger partial charge in [-0.1, -0.05) is 19.2 Å². The summed E-state index contributed by atoms with van der Waals surface area (Å²) >= 11 is 0. The fourth-order valence-electron chi connectivity index (χ4n) is 0.442. The normalized spacial score (nSPS) is 11.8. The second-order valence-corrected chi connectivity index (χ2v) is 4.38. The number of allylic oxidation sites excluding steroid dienone is 3. The van der Waals surface area contributed by atoms with Crippen LogP contribution in [0.5, 0.6) is 0 Å². The molecule has 0 aromatic carbocycles. The van der Waals surface area contributed by atoms with Gasteiger partial charge in [0.2, 0.25) is 0 Å². The van der Waals surface area contributed by atoms with Crippen LogP contribution in [0.4, 0.5) is 0 Å². The van der Waals surface area contributed by atoms with Crippen molar-refractivity contribution in [2.24, 2.45) is 0 Å². The Balaban J connectivity index is 5.10. The van der Waals surface area contributed by atoms with Crippen LogP contribution in [0, 0.1) is 11.3 Å². The number of nitrogens with zero attached hydrogens (tertiary/aromatic N) is 1. The molecule has 0 rings (SSSR count). The molecule has 12 heavy (non-hydrogen) atoms. The van der Waals surface area contributed by atoms with E-state index in [-0.39, 0.29) is 5.57 Å². The van der Waals surface area contributed by atoms with Crippen molar-refractivity contribution in [1.29, 1.82) is 5.26 Å². The van der Waals surface area contributed by atoms with Crippen molar-refractivity contribution in [3.63, 3.8) is 0 Å². The molecule has 3 nitrogen and oxygen atoms in total. The Bertz CT molecular complexity index is 373. The maximum absolute atomic E-state index is 10.6. The zero-order chi connectivity index (χ0) is 9.78. The van der Waals surface area contributed by atoms with Gasteiger partial charge in [0, 0.05) is 10.7 Å². The highest BCUT2D eigenvalue weighted by atomic mass is 35.7. The average Bonchev–Trinajstić information content (AvgIpc) is 1.97. The minimum atomic E-state index is -3.90. The van der Waals surface area contributed by atoms with Crippen molar-refractivity contribution in [3.8, 4) is 6.07 Å². The first-order chi connectivity index (χ1) is 5.43. The van der Waals surface area contributed by atoms with Crippen LogP contribution in [-0.2, 0) is 9.05 Å². The molecule has 0 aromatic heterocycles. The van der Waals surface area contributed by atoms with Crippen LogP contribution in [0.1, 0.15) is 0 Å². The maximum Gasteiger partial charge on any atom is 0.262 e. The largest absolute Gasteiger partial charge is 0.262 e. The van der Waals surface area contributed by atoms with E-state index in [0.29, 0.717) is 0 Å². The Morgan fingerprint density at radius 3 is 2.33 bits per heavy atom. The number of rotatable bonds is 3. The van der Waals surface area contributed by atoms with Gasteiger partial charge in [0.15, 0.2) is 0 Å². The summed E-state index contributed by atoms with van der Waals surface area (Å²) in [4.78, 5) is -0.411. The monoisotopic (exact) mass is 203 g/mol. The average molecular weight is 204 g/mol. The third kappa shape index (κ3) is 2.91. The van der Waals surface area contributed by atoms with E-state index in [1.54, 1.807) is 6.07 Å². The molecule has 0 N–H and O–H groups in total. The molecule has 0 aromatic rings. The molecule has 0 fully saturated rings. The lowest BCUT2D eigenvalue weighted by molar-refractivity contribution is 0.615. The second-order valence-electron chi connectivity index (χ2n) is 1.79. The van der Waals surface area contributed by atoms with Gasteiger partial charge in [-0.25, -0.2) is 8.42 Å². The molecule has 0 aliphatic rings. The van der Waals surface area contributed by atoms with Gasteiger partial charge < -0.3 is 0 Å². The lowest BCUT2D eigenvalue weighted by atomic mass is 10.3. The van der Waals surface area contributed by atoms with E-state index < -0.39 is 14.0 Å². The van der Waals surface area contributed by atoms with E-state index in [0.717, 1.165) is 0 Å². The molecule has 5 heteroatoms. The first-order valence-corrected chi connectivity index (χ1v) is 5.11. The highest BCUT2D eigenvalue weighted by Gasteiger charge is 2.15. The van der Waals surface area contributed by atoms with Gasteiger partial charge in [-0.05, 0) is 6.08 Å². The fourth-order valence-corrected chi connectivity index (χ4v) is 1.07. The summed E-state index contributed by atoms with van der Waals surface area (Å²) in [5, 5.41) is 8.44. The molecule has 64 valence electrons. The molecular formula is C7H6ClNO2S. The highest BCUT2D eigenvalue weighted by Crippen LogP contribution is 2.17. The van der Waals surface area contributed by atoms with Gasteiger partial charge in [0.1, 0.15) is 6.07 Å². The van der Waals surface area contributed by atoms with E-state index in [1.165, 1.54) is 12.2 Å². The minimum Gasteiger partial charge on any atom is -0.207 e. The minimum absolute atomic E-state index is 0.111. The van der Waals surface area contributed by atoms with Crippen LogP contribution in [0.25, 0.3) is 0 Å². The van der Waals surface area contributed by atoms with E-state index in [9.17, 15) is 8.42 Å². The molecule has 0 aliphatic heterocycles. The van der Waals surface area contributed by atoms with E-state index in [2.05, 4.69) is 13.2 Å². The Morgan fingerprint density at radius 1 is 1.58 bits per heavy atom. The van der Waals surface area contributed by atoms with Gasteiger partial charge in [0.05, 0.1) is 10.5 Å². The predicted octanol–water partition coefficient (Wildman–Crippen LogP) is 1.70. The summed E-state index contributed by atoms with van der Waals surface area (Å²) in [6, 6.07) is 1.64. The summed E-state index contributed by atoms with van der Waals surface area (Å²) in [6.45, 7) is 6.46. The quantitative estimate of drug-likeness (QED) is 0.399. The van der Waals surface area contributed by atoms with Crippen LogP contribution in [0.15, 0.2) is 35.8 Å². The molecule has 0 radical (unpaired) electrons. The topological polar surface area (TPSA) is 57.9 Å². The molecular weight excluding hydrogens is 198 g/mol. The van der Waals surface area contributed by atoms with Crippen molar-refractivity contribution in [1.82, 2.24) is 0 Å². The Morgan fingerprint density at radius 2 is 2.08 bits per heavy atom. The van der Waals surface area contributed by atoms with Crippen LogP contribution >= 0.6 is 10.7 Å². The molecule has 0 saturated carbocycles. The van der Waals surface area contributed by atoms with Gasteiger partial charge in [-0.3, -0.25) is 0 Å². The number of hydrogen-bond acceptors (Lipinski definition) is 3. The van der Waals surface area contributed by atoms with Crippen molar-refractivity contribution >= 4 is 19.7 Å². The molecule has 0 unspecified atom stereocenters. The summed E-state index contributed by atoms with van der Waals surface area (Å²) < 4.78 is 21.3. The van der Waals surface area contributed by atoms with Gasteiger partial charge in [-0.2, -0.15) is 5.26 Å². The number of nitriles is 1. The molecule has 0 amide bonds. The molecule has 0 bridgehead atoms. The lowest BCUT2D eigenvalue weighted by Gasteiger charge is -1.95. The number of halogens is 1. The van der Waals surface area contributed by atoms with Gasteiger partial charge in [-0.15, -0.1) is 0 Å². The van der Waals surface area contributed by atoms with Crippen LogP contribution in [0.2, 0.25) is 0 Å². The fraction of sp³-hybridized carbons (Fsp3) is 0. The highest BCUT2D eigenvalue weighted by molar-refractivity contribution is 8.17. The smallest absolute Gasteiger partial charge is 0.207 e. The Labute approximate surface area is 75.7 Å². The third-order valence-electron chi connectivity index (χ3n) is 1.000. The predicted molar refractivity (Wildman–Crippen MR) is 47.8 cm³/mol. The zero-order valence-corrected chi connectivity index (χ0v) is 7.69.